The van der Waals surface area contributed by atoms with Crippen molar-refractivity contribution in [2.45, 2.75) is 19.1 Å². The number of hydrogen-bond acceptors (Lipinski definition) is 3. The molecule has 88 valence electrons. The molecule has 1 atom stereocenters. The Morgan fingerprint density at radius 2 is 2.38 bits per heavy atom. The van der Waals surface area contributed by atoms with Crippen LogP contribution in [0.4, 0.5) is 0 Å². The first-order chi connectivity index (χ1) is 7.69. The highest BCUT2D eigenvalue weighted by atomic mass is 79.9. The van der Waals surface area contributed by atoms with E-state index in [1.54, 1.807) is 7.11 Å². The van der Waals surface area contributed by atoms with Gasteiger partial charge < -0.3 is 9.84 Å². The molecule has 1 aromatic carbocycles. The summed E-state index contributed by atoms with van der Waals surface area (Å²) in [4.78, 5) is 2.25. The topological polar surface area (TPSA) is 32.7 Å². The molecule has 1 heterocycles. The molecule has 0 aromatic heterocycles. The average Bonchev–Trinajstić information content (AvgIpc) is 2.67. The molecule has 16 heavy (non-hydrogen) atoms. The van der Waals surface area contributed by atoms with E-state index >= 15 is 0 Å². The van der Waals surface area contributed by atoms with E-state index < -0.39 is 0 Å². The Morgan fingerprint density at radius 3 is 3.00 bits per heavy atom. The quantitative estimate of drug-likeness (QED) is 0.922. The second-order valence-corrected chi connectivity index (χ2v) is 4.99. The number of ether oxygens (including phenoxy) is 1. The summed E-state index contributed by atoms with van der Waals surface area (Å²) >= 11 is 3.54. The predicted octanol–water partition coefficient (Wildman–Crippen LogP) is 2.02. The summed E-state index contributed by atoms with van der Waals surface area (Å²) in [5, 5.41) is 9.47. The zero-order valence-corrected chi connectivity index (χ0v) is 10.9. The van der Waals surface area contributed by atoms with Crippen molar-refractivity contribution in [3.05, 3.63) is 28.2 Å². The van der Waals surface area contributed by atoms with E-state index in [0.717, 1.165) is 36.3 Å². The lowest BCUT2D eigenvalue weighted by Gasteiger charge is -2.16. The van der Waals surface area contributed by atoms with Gasteiger partial charge in [-0.2, -0.15) is 0 Å². The van der Waals surface area contributed by atoms with Crippen LogP contribution < -0.4 is 4.74 Å². The molecule has 1 saturated heterocycles. The number of aliphatic hydroxyl groups excluding tert-OH is 1. The van der Waals surface area contributed by atoms with Crippen molar-refractivity contribution in [3.8, 4) is 5.75 Å². The smallest absolute Gasteiger partial charge is 0.119 e. The van der Waals surface area contributed by atoms with Crippen molar-refractivity contribution >= 4 is 15.9 Å². The van der Waals surface area contributed by atoms with E-state index in [4.69, 9.17) is 4.74 Å². The predicted molar refractivity (Wildman–Crippen MR) is 66.6 cm³/mol. The van der Waals surface area contributed by atoms with Crippen molar-refractivity contribution in [3.63, 3.8) is 0 Å². The van der Waals surface area contributed by atoms with Gasteiger partial charge in [0.15, 0.2) is 0 Å². The minimum atomic E-state index is -0.163. The molecule has 0 unspecified atom stereocenters. The fourth-order valence-electron chi connectivity index (χ4n) is 2.00. The third-order valence-electron chi connectivity index (χ3n) is 2.89. The second-order valence-electron chi connectivity index (χ2n) is 4.13. The summed E-state index contributed by atoms with van der Waals surface area (Å²) in [6, 6.07) is 5.97. The van der Waals surface area contributed by atoms with Crippen LogP contribution in [0.1, 0.15) is 12.0 Å². The summed E-state index contributed by atoms with van der Waals surface area (Å²) in [5.74, 6) is 0.873. The van der Waals surface area contributed by atoms with Crippen LogP contribution in [0.25, 0.3) is 0 Å². The van der Waals surface area contributed by atoms with Crippen molar-refractivity contribution in [2.75, 3.05) is 20.2 Å². The van der Waals surface area contributed by atoms with Crippen LogP contribution in [0.5, 0.6) is 5.75 Å². The molecule has 1 N–H and O–H groups in total. The molecular weight excluding hydrogens is 270 g/mol. The molecule has 4 heteroatoms. The van der Waals surface area contributed by atoms with Gasteiger partial charge in [-0.1, -0.05) is 15.9 Å². The third-order valence-corrected chi connectivity index (χ3v) is 3.67. The zero-order chi connectivity index (χ0) is 11.5. The Bertz CT molecular complexity index is 370. The van der Waals surface area contributed by atoms with Crippen LogP contribution >= 0.6 is 15.9 Å². The SMILES string of the molecule is COc1ccc(Br)c(CN2CC[C@H](O)C2)c1. The van der Waals surface area contributed by atoms with E-state index in [1.165, 1.54) is 5.56 Å². The molecule has 1 fully saturated rings. The van der Waals surface area contributed by atoms with E-state index in [9.17, 15) is 5.11 Å². The first-order valence-electron chi connectivity index (χ1n) is 5.42. The van der Waals surface area contributed by atoms with Gasteiger partial charge >= 0.3 is 0 Å². The number of benzene rings is 1. The number of methoxy groups -OCH3 is 1. The average molecular weight is 286 g/mol. The Hall–Kier alpha value is -0.580. The third kappa shape index (κ3) is 2.75. The fraction of sp³-hybridized carbons (Fsp3) is 0.500. The van der Waals surface area contributed by atoms with Crippen LogP contribution in [0.3, 0.4) is 0 Å². The monoisotopic (exact) mass is 285 g/mol. The summed E-state index contributed by atoms with van der Waals surface area (Å²) < 4.78 is 6.30. The van der Waals surface area contributed by atoms with E-state index in [1.807, 2.05) is 18.2 Å². The van der Waals surface area contributed by atoms with Gasteiger partial charge in [0.2, 0.25) is 0 Å². The van der Waals surface area contributed by atoms with Gasteiger partial charge in [-0.15, -0.1) is 0 Å². The van der Waals surface area contributed by atoms with Gasteiger partial charge in [-0.25, -0.2) is 0 Å². The number of rotatable bonds is 3. The lowest BCUT2D eigenvalue weighted by Crippen LogP contribution is -2.21. The van der Waals surface area contributed by atoms with Crippen molar-refractivity contribution < 1.29 is 9.84 Å². The second kappa shape index (κ2) is 5.17. The van der Waals surface area contributed by atoms with Crippen LogP contribution in [-0.4, -0.2) is 36.3 Å². The molecule has 0 spiro atoms. The molecule has 0 radical (unpaired) electrons. The number of nitrogens with zero attached hydrogens (tertiary/aromatic N) is 1. The molecular formula is C12H16BrNO2. The van der Waals surface area contributed by atoms with E-state index in [2.05, 4.69) is 20.8 Å². The normalized spacial score (nSPS) is 21.3. The standard InChI is InChI=1S/C12H16BrNO2/c1-16-11-2-3-12(13)9(6-11)7-14-5-4-10(15)8-14/h2-3,6,10,15H,4-5,7-8H2,1H3/t10-/m0/s1. The van der Waals surface area contributed by atoms with Gasteiger partial charge in [-0.05, 0) is 30.2 Å². The molecule has 1 aliphatic heterocycles. The number of hydrogen-bond donors (Lipinski definition) is 1. The maximum atomic E-state index is 9.47. The first-order valence-corrected chi connectivity index (χ1v) is 6.21. The van der Waals surface area contributed by atoms with Crippen molar-refractivity contribution in [2.24, 2.45) is 0 Å². The highest BCUT2D eigenvalue weighted by Crippen LogP contribution is 2.25. The lowest BCUT2D eigenvalue weighted by atomic mass is 10.2. The minimum absolute atomic E-state index is 0.163. The minimum Gasteiger partial charge on any atom is -0.497 e. The molecule has 0 amide bonds. The van der Waals surface area contributed by atoms with E-state index in [-0.39, 0.29) is 6.10 Å². The molecule has 2 rings (SSSR count). The van der Waals surface area contributed by atoms with Crippen LogP contribution in [0.2, 0.25) is 0 Å². The number of halogens is 1. The lowest BCUT2D eigenvalue weighted by molar-refractivity contribution is 0.174. The zero-order valence-electron chi connectivity index (χ0n) is 9.32. The maximum absolute atomic E-state index is 9.47. The number of aliphatic hydroxyl groups is 1. The molecule has 0 bridgehead atoms. The van der Waals surface area contributed by atoms with Gasteiger partial charge in [0.05, 0.1) is 13.2 Å². The summed E-state index contributed by atoms with van der Waals surface area (Å²) in [6.45, 7) is 2.59. The van der Waals surface area contributed by atoms with Crippen LogP contribution in [0.15, 0.2) is 22.7 Å². The highest BCUT2D eigenvalue weighted by molar-refractivity contribution is 9.10. The largest absolute Gasteiger partial charge is 0.497 e. The molecule has 1 aliphatic rings. The summed E-state index contributed by atoms with van der Waals surface area (Å²) in [6.07, 6.45) is 0.714. The molecule has 0 saturated carbocycles. The Kier molecular flexibility index (Phi) is 3.84. The molecule has 3 nitrogen and oxygen atoms in total. The Labute approximate surface area is 104 Å². The Balaban J connectivity index is 2.08. The highest BCUT2D eigenvalue weighted by Gasteiger charge is 2.20. The van der Waals surface area contributed by atoms with E-state index in [0.29, 0.717) is 0 Å². The van der Waals surface area contributed by atoms with Gasteiger partial charge in [0.25, 0.3) is 0 Å². The molecule has 1 aromatic rings. The van der Waals surface area contributed by atoms with Gasteiger partial charge in [-0.3, -0.25) is 4.90 Å². The van der Waals surface area contributed by atoms with Crippen molar-refractivity contribution in [1.29, 1.82) is 0 Å². The molecule has 0 aliphatic carbocycles. The fourth-order valence-corrected chi connectivity index (χ4v) is 2.37. The maximum Gasteiger partial charge on any atom is 0.119 e. The van der Waals surface area contributed by atoms with Crippen LogP contribution in [-0.2, 0) is 6.54 Å². The van der Waals surface area contributed by atoms with Gasteiger partial charge in [0, 0.05) is 24.1 Å². The Morgan fingerprint density at radius 1 is 1.56 bits per heavy atom. The summed E-state index contributed by atoms with van der Waals surface area (Å²) in [7, 11) is 1.67. The van der Waals surface area contributed by atoms with Gasteiger partial charge in [0.1, 0.15) is 5.75 Å². The summed E-state index contributed by atoms with van der Waals surface area (Å²) in [5.41, 5.74) is 1.20. The number of β-amino-alcohol motifs (C(OH)–C–C–N with tert-alkyl or cyclic N) is 1. The number of likely N-dealkylation sites (tertiary alicyclic amines) is 1. The van der Waals surface area contributed by atoms with Crippen molar-refractivity contribution in [1.82, 2.24) is 4.90 Å². The first kappa shape index (κ1) is 11.9. The van der Waals surface area contributed by atoms with Crippen LogP contribution in [0, 0.1) is 0 Å².